The number of benzene rings is 2. The van der Waals surface area contributed by atoms with Crippen LogP contribution in [-0.4, -0.2) is 55.0 Å². The summed E-state index contributed by atoms with van der Waals surface area (Å²) < 4.78 is 13.6. The summed E-state index contributed by atoms with van der Waals surface area (Å²) in [7, 11) is 0. The lowest BCUT2D eigenvalue weighted by molar-refractivity contribution is -0.132. The van der Waals surface area contributed by atoms with E-state index in [9.17, 15) is 9.18 Å². The Morgan fingerprint density at radius 2 is 1.70 bits per heavy atom. The van der Waals surface area contributed by atoms with Crippen molar-refractivity contribution in [3.63, 3.8) is 0 Å². The van der Waals surface area contributed by atoms with Gasteiger partial charge in [0, 0.05) is 45.7 Å². The molecule has 1 amide bonds. The van der Waals surface area contributed by atoms with Crippen LogP contribution in [0.3, 0.4) is 0 Å². The highest BCUT2D eigenvalue weighted by atomic mass is 19.1. The van der Waals surface area contributed by atoms with Crippen LogP contribution in [0.25, 0.3) is 6.08 Å². The van der Waals surface area contributed by atoms with Crippen molar-refractivity contribution in [2.24, 2.45) is 0 Å². The Hall–Kier alpha value is -2.66. The van der Waals surface area contributed by atoms with E-state index in [0.717, 1.165) is 32.7 Å². The first-order valence-corrected chi connectivity index (χ1v) is 9.42. The van der Waals surface area contributed by atoms with Gasteiger partial charge in [-0.3, -0.25) is 9.69 Å². The number of anilines is 1. The van der Waals surface area contributed by atoms with E-state index < -0.39 is 0 Å². The smallest absolute Gasteiger partial charge is 0.224 e. The number of hydrogen-bond donors (Lipinski definition) is 1. The summed E-state index contributed by atoms with van der Waals surface area (Å²) >= 11 is 0. The number of carbonyl (C=O) groups is 1. The fourth-order valence-electron chi connectivity index (χ4n) is 3.15. The Morgan fingerprint density at radius 3 is 2.44 bits per heavy atom. The minimum Gasteiger partial charge on any atom is -0.382 e. The van der Waals surface area contributed by atoms with Crippen molar-refractivity contribution in [2.75, 3.05) is 44.6 Å². The topological polar surface area (TPSA) is 35.6 Å². The van der Waals surface area contributed by atoms with Gasteiger partial charge in [0.1, 0.15) is 5.82 Å². The molecule has 0 aromatic heterocycles. The maximum Gasteiger partial charge on any atom is 0.224 e. The fraction of sp³-hybridized carbons (Fsp3) is 0.318. The number of para-hydroxylation sites is 1. The zero-order valence-electron chi connectivity index (χ0n) is 15.5. The zero-order chi connectivity index (χ0) is 18.9. The molecule has 0 saturated carbocycles. The van der Waals surface area contributed by atoms with E-state index in [2.05, 4.69) is 34.5 Å². The lowest BCUT2D eigenvalue weighted by Gasteiger charge is -2.34. The van der Waals surface area contributed by atoms with E-state index in [1.54, 1.807) is 18.2 Å². The molecule has 0 spiro atoms. The van der Waals surface area contributed by atoms with Crippen molar-refractivity contribution in [1.29, 1.82) is 0 Å². The second-order valence-corrected chi connectivity index (χ2v) is 6.65. The van der Waals surface area contributed by atoms with Crippen LogP contribution >= 0.6 is 0 Å². The standard InChI is InChI=1S/C22H26FN3O/c23-20-10-4-5-11-21(20)24-13-12-22(27)26-17-15-25(16-18-26)14-6-9-19-7-2-1-3-8-19/h1-11,24H,12-18H2/b9-6+. The van der Waals surface area contributed by atoms with E-state index in [4.69, 9.17) is 0 Å². The molecule has 0 aliphatic carbocycles. The molecule has 142 valence electrons. The van der Waals surface area contributed by atoms with Gasteiger partial charge in [0.15, 0.2) is 0 Å². The molecule has 0 atom stereocenters. The second-order valence-electron chi connectivity index (χ2n) is 6.65. The van der Waals surface area contributed by atoms with Gasteiger partial charge in [-0.15, -0.1) is 0 Å². The molecule has 5 heteroatoms. The SMILES string of the molecule is O=C(CCNc1ccccc1F)N1CCN(C/C=C/c2ccccc2)CC1. The first-order chi connectivity index (χ1) is 13.2. The first kappa shape index (κ1) is 19.1. The van der Waals surface area contributed by atoms with Crippen LogP contribution in [-0.2, 0) is 4.79 Å². The third-order valence-corrected chi connectivity index (χ3v) is 4.73. The van der Waals surface area contributed by atoms with E-state index in [-0.39, 0.29) is 11.7 Å². The summed E-state index contributed by atoms with van der Waals surface area (Å²) in [6.45, 7) is 4.60. The maximum absolute atomic E-state index is 13.6. The maximum atomic E-state index is 13.6. The van der Waals surface area contributed by atoms with Crippen LogP contribution < -0.4 is 5.32 Å². The summed E-state index contributed by atoms with van der Waals surface area (Å²) in [4.78, 5) is 16.6. The number of nitrogens with one attached hydrogen (secondary N) is 1. The molecule has 4 nitrogen and oxygen atoms in total. The van der Waals surface area contributed by atoms with Crippen LogP contribution in [0.15, 0.2) is 60.7 Å². The molecule has 2 aromatic carbocycles. The molecule has 0 radical (unpaired) electrons. The molecule has 1 aliphatic heterocycles. The van der Waals surface area contributed by atoms with Crippen molar-refractivity contribution in [3.8, 4) is 0 Å². The number of amides is 1. The highest BCUT2D eigenvalue weighted by molar-refractivity contribution is 5.76. The molecule has 27 heavy (non-hydrogen) atoms. The first-order valence-electron chi connectivity index (χ1n) is 9.42. The Labute approximate surface area is 160 Å². The lowest BCUT2D eigenvalue weighted by Crippen LogP contribution is -2.48. The van der Waals surface area contributed by atoms with Crippen molar-refractivity contribution in [2.45, 2.75) is 6.42 Å². The Morgan fingerprint density at radius 1 is 1.00 bits per heavy atom. The largest absolute Gasteiger partial charge is 0.382 e. The van der Waals surface area contributed by atoms with Gasteiger partial charge in [0.05, 0.1) is 5.69 Å². The van der Waals surface area contributed by atoms with E-state index >= 15 is 0 Å². The third-order valence-electron chi connectivity index (χ3n) is 4.73. The Balaban J connectivity index is 1.35. The van der Waals surface area contributed by atoms with Crippen molar-refractivity contribution < 1.29 is 9.18 Å². The highest BCUT2D eigenvalue weighted by Gasteiger charge is 2.19. The number of hydrogen-bond acceptors (Lipinski definition) is 3. The molecule has 0 bridgehead atoms. The van der Waals surface area contributed by atoms with Gasteiger partial charge < -0.3 is 10.2 Å². The minimum absolute atomic E-state index is 0.123. The summed E-state index contributed by atoms with van der Waals surface area (Å²) in [6.07, 6.45) is 4.68. The van der Waals surface area contributed by atoms with Crippen molar-refractivity contribution >= 4 is 17.7 Å². The van der Waals surface area contributed by atoms with Crippen LogP contribution in [0.1, 0.15) is 12.0 Å². The average Bonchev–Trinajstić information content (AvgIpc) is 2.71. The van der Waals surface area contributed by atoms with Gasteiger partial charge >= 0.3 is 0 Å². The fourth-order valence-corrected chi connectivity index (χ4v) is 3.15. The van der Waals surface area contributed by atoms with Crippen LogP contribution in [0.5, 0.6) is 0 Å². The van der Waals surface area contributed by atoms with Crippen molar-refractivity contribution in [3.05, 3.63) is 72.1 Å². The summed E-state index contributed by atoms with van der Waals surface area (Å²) in [5.41, 5.74) is 1.65. The molecule has 0 unspecified atom stereocenters. The molecule has 1 saturated heterocycles. The van der Waals surface area contributed by atoms with E-state index in [0.29, 0.717) is 18.7 Å². The van der Waals surface area contributed by atoms with Crippen LogP contribution in [0, 0.1) is 5.82 Å². The number of nitrogens with zero attached hydrogens (tertiary/aromatic N) is 2. The minimum atomic E-state index is -0.290. The summed E-state index contributed by atoms with van der Waals surface area (Å²) in [5, 5.41) is 2.99. The van der Waals surface area contributed by atoms with Gasteiger partial charge in [-0.2, -0.15) is 0 Å². The molecule has 3 rings (SSSR count). The van der Waals surface area contributed by atoms with Gasteiger partial charge in [0.2, 0.25) is 5.91 Å². The number of carbonyl (C=O) groups excluding carboxylic acids is 1. The molecular weight excluding hydrogens is 341 g/mol. The number of rotatable bonds is 7. The van der Waals surface area contributed by atoms with Crippen molar-refractivity contribution in [1.82, 2.24) is 9.80 Å². The van der Waals surface area contributed by atoms with E-state index in [1.807, 2.05) is 23.1 Å². The predicted octanol–water partition coefficient (Wildman–Crippen LogP) is 3.49. The molecule has 1 heterocycles. The van der Waals surface area contributed by atoms with Crippen LogP contribution in [0.2, 0.25) is 0 Å². The third kappa shape index (κ3) is 5.93. The molecular formula is C22H26FN3O. The molecule has 1 fully saturated rings. The molecule has 1 aliphatic rings. The number of piperazine rings is 1. The Kier molecular flexibility index (Phi) is 6.99. The number of halogens is 1. The quantitative estimate of drug-likeness (QED) is 0.814. The molecule has 1 N–H and O–H groups in total. The Bertz CT molecular complexity index is 755. The zero-order valence-corrected chi connectivity index (χ0v) is 15.5. The van der Waals surface area contributed by atoms with Gasteiger partial charge in [-0.25, -0.2) is 4.39 Å². The van der Waals surface area contributed by atoms with Gasteiger partial charge in [-0.05, 0) is 17.7 Å². The molecule has 2 aromatic rings. The monoisotopic (exact) mass is 367 g/mol. The second kappa shape index (κ2) is 9.88. The van der Waals surface area contributed by atoms with Gasteiger partial charge in [-0.1, -0.05) is 54.6 Å². The normalized spacial score (nSPS) is 15.2. The lowest BCUT2D eigenvalue weighted by atomic mass is 10.2. The van der Waals surface area contributed by atoms with E-state index in [1.165, 1.54) is 11.6 Å². The predicted molar refractivity (Wildman–Crippen MR) is 108 cm³/mol. The van der Waals surface area contributed by atoms with Crippen LogP contribution in [0.4, 0.5) is 10.1 Å². The average molecular weight is 367 g/mol. The summed E-state index contributed by atoms with van der Waals surface area (Å²) in [5.74, 6) is -0.166. The highest BCUT2D eigenvalue weighted by Crippen LogP contribution is 2.12. The van der Waals surface area contributed by atoms with Gasteiger partial charge in [0.25, 0.3) is 0 Å². The summed E-state index contributed by atoms with van der Waals surface area (Å²) in [6, 6.07) is 16.8.